The third kappa shape index (κ3) is 3.75. The van der Waals surface area contributed by atoms with Gasteiger partial charge in [0.1, 0.15) is 6.04 Å². The van der Waals surface area contributed by atoms with Gasteiger partial charge in [-0.05, 0) is 52.2 Å². The summed E-state index contributed by atoms with van der Waals surface area (Å²) in [6.45, 7) is 4.24. The molecule has 0 bridgehead atoms. The molecule has 1 amide bonds. The third-order valence-electron chi connectivity index (χ3n) is 5.26. The molecule has 2 atom stereocenters. The first kappa shape index (κ1) is 16.5. The molecule has 23 heavy (non-hydrogen) atoms. The highest BCUT2D eigenvalue weighted by molar-refractivity contribution is 5.83. The van der Waals surface area contributed by atoms with Crippen LogP contribution in [0.3, 0.4) is 0 Å². The summed E-state index contributed by atoms with van der Waals surface area (Å²) in [7, 11) is 3.73. The standard InChI is InChI=1S/C17H29N5O/c1-18-16(14-12-19-20(2)13-14)17(23)22-10-5-6-15(7-11-22)21-8-3-4-9-21/h12-13,15-16,18H,3-11H2,1-2H3. The molecule has 2 unspecified atom stereocenters. The second-order valence-corrected chi connectivity index (χ2v) is 6.82. The number of hydrogen-bond acceptors (Lipinski definition) is 4. The second kappa shape index (κ2) is 7.45. The lowest BCUT2D eigenvalue weighted by atomic mass is 10.1. The molecular weight excluding hydrogens is 290 g/mol. The predicted molar refractivity (Wildman–Crippen MR) is 90.0 cm³/mol. The Morgan fingerprint density at radius 3 is 2.65 bits per heavy atom. The number of likely N-dealkylation sites (tertiary alicyclic amines) is 2. The Morgan fingerprint density at radius 1 is 1.22 bits per heavy atom. The summed E-state index contributed by atoms with van der Waals surface area (Å²) in [6.07, 6.45) is 9.81. The SMILES string of the molecule is CNC(C(=O)N1CCCC(N2CCCC2)CC1)c1cnn(C)c1. The molecule has 0 aliphatic carbocycles. The van der Waals surface area contributed by atoms with Gasteiger partial charge in [-0.1, -0.05) is 0 Å². The topological polar surface area (TPSA) is 53.4 Å². The Kier molecular flexibility index (Phi) is 5.33. The number of nitrogens with zero attached hydrogens (tertiary/aromatic N) is 4. The van der Waals surface area contributed by atoms with Crippen LogP contribution in [0.5, 0.6) is 0 Å². The van der Waals surface area contributed by atoms with E-state index >= 15 is 0 Å². The average molecular weight is 319 g/mol. The van der Waals surface area contributed by atoms with Gasteiger partial charge in [0.05, 0.1) is 6.20 Å². The minimum Gasteiger partial charge on any atom is -0.341 e. The zero-order valence-electron chi connectivity index (χ0n) is 14.4. The maximum absolute atomic E-state index is 12.9. The second-order valence-electron chi connectivity index (χ2n) is 6.82. The van der Waals surface area contributed by atoms with Crippen molar-refractivity contribution < 1.29 is 4.79 Å². The Hall–Kier alpha value is -1.40. The number of carbonyl (C=O) groups is 1. The van der Waals surface area contributed by atoms with Crippen molar-refractivity contribution in [2.45, 2.75) is 44.2 Å². The van der Waals surface area contributed by atoms with E-state index in [9.17, 15) is 4.79 Å². The summed E-state index contributed by atoms with van der Waals surface area (Å²) in [5, 5.41) is 7.36. The maximum atomic E-state index is 12.9. The molecule has 0 radical (unpaired) electrons. The highest BCUT2D eigenvalue weighted by atomic mass is 16.2. The molecule has 6 nitrogen and oxygen atoms in total. The van der Waals surface area contributed by atoms with Gasteiger partial charge in [0.25, 0.3) is 0 Å². The average Bonchev–Trinajstić information content (AvgIpc) is 3.15. The van der Waals surface area contributed by atoms with Crippen LogP contribution in [0.1, 0.15) is 43.7 Å². The predicted octanol–water partition coefficient (Wildman–Crippen LogP) is 1.16. The van der Waals surface area contributed by atoms with Crippen LogP contribution in [0.4, 0.5) is 0 Å². The zero-order chi connectivity index (χ0) is 16.2. The number of aromatic nitrogens is 2. The summed E-state index contributed by atoms with van der Waals surface area (Å²) in [6, 6.07) is 0.383. The van der Waals surface area contributed by atoms with Crippen molar-refractivity contribution in [1.29, 1.82) is 0 Å². The number of likely N-dealkylation sites (N-methyl/N-ethyl adjacent to an activating group) is 1. The van der Waals surface area contributed by atoms with Crippen LogP contribution in [-0.2, 0) is 11.8 Å². The minimum atomic E-state index is -0.285. The number of aryl methyl sites for hydroxylation is 1. The van der Waals surface area contributed by atoms with E-state index in [0.717, 1.165) is 31.5 Å². The molecule has 2 saturated heterocycles. The summed E-state index contributed by atoms with van der Waals surface area (Å²) in [5.41, 5.74) is 0.945. The van der Waals surface area contributed by atoms with Crippen LogP contribution in [0.15, 0.2) is 12.4 Å². The number of amides is 1. The van der Waals surface area contributed by atoms with Crippen LogP contribution in [-0.4, -0.2) is 64.8 Å². The van der Waals surface area contributed by atoms with Gasteiger partial charge in [0.15, 0.2) is 0 Å². The molecule has 1 aromatic heterocycles. The first-order valence-corrected chi connectivity index (χ1v) is 8.87. The van der Waals surface area contributed by atoms with Crippen molar-refractivity contribution in [3.05, 3.63) is 18.0 Å². The smallest absolute Gasteiger partial charge is 0.244 e. The third-order valence-corrected chi connectivity index (χ3v) is 5.26. The van der Waals surface area contributed by atoms with Gasteiger partial charge >= 0.3 is 0 Å². The highest BCUT2D eigenvalue weighted by Crippen LogP contribution is 2.23. The fourth-order valence-electron chi connectivity index (χ4n) is 3.98. The van der Waals surface area contributed by atoms with Gasteiger partial charge in [0.2, 0.25) is 5.91 Å². The largest absolute Gasteiger partial charge is 0.341 e. The fourth-order valence-corrected chi connectivity index (χ4v) is 3.98. The van der Waals surface area contributed by atoms with Crippen LogP contribution >= 0.6 is 0 Å². The summed E-state index contributed by atoms with van der Waals surface area (Å²) in [5.74, 6) is 0.183. The van der Waals surface area contributed by atoms with E-state index in [0.29, 0.717) is 6.04 Å². The molecule has 0 aromatic carbocycles. The molecule has 3 heterocycles. The van der Waals surface area contributed by atoms with E-state index in [4.69, 9.17) is 0 Å². The van der Waals surface area contributed by atoms with Crippen LogP contribution in [0.2, 0.25) is 0 Å². The lowest BCUT2D eigenvalue weighted by molar-refractivity contribution is -0.133. The molecule has 2 aliphatic heterocycles. The van der Waals surface area contributed by atoms with Crippen molar-refractivity contribution in [3.8, 4) is 0 Å². The quantitative estimate of drug-likeness (QED) is 0.905. The monoisotopic (exact) mass is 319 g/mol. The fraction of sp³-hybridized carbons (Fsp3) is 0.765. The van der Waals surface area contributed by atoms with Gasteiger partial charge in [-0.15, -0.1) is 0 Å². The van der Waals surface area contributed by atoms with Crippen LogP contribution in [0, 0.1) is 0 Å². The van der Waals surface area contributed by atoms with Crippen molar-refractivity contribution in [3.63, 3.8) is 0 Å². The lowest BCUT2D eigenvalue weighted by Gasteiger charge is -2.27. The van der Waals surface area contributed by atoms with E-state index in [1.807, 2.05) is 25.2 Å². The van der Waals surface area contributed by atoms with E-state index in [1.165, 1.54) is 32.4 Å². The Morgan fingerprint density at radius 2 is 2.00 bits per heavy atom. The van der Waals surface area contributed by atoms with Gasteiger partial charge in [-0.25, -0.2) is 0 Å². The molecule has 0 spiro atoms. The Balaban J connectivity index is 1.62. The molecule has 6 heteroatoms. The van der Waals surface area contributed by atoms with Gasteiger partial charge < -0.3 is 15.1 Å². The van der Waals surface area contributed by atoms with E-state index in [-0.39, 0.29) is 11.9 Å². The number of rotatable bonds is 4. The number of hydrogen-bond donors (Lipinski definition) is 1. The van der Waals surface area contributed by atoms with E-state index < -0.39 is 0 Å². The van der Waals surface area contributed by atoms with E-state index in [2.05, 4.69) is 15.3 Å². The van der Waals surface area contributed by atoms with Crippen molar-refractivity contribution in [1.82, 2.24) is 24.9 Å². The number of nitrogens with one attached hydrogen (secondary N) is 1. The molecule has 0 saturated carbocycles. The van der Waals surface area contributed by atoms with E-state index in [1.54, 1.807) is 10.9 Å². The lowest BCUT2D eigenvalue weighted by Crippen LogP contribution is -2.41. The number of carbonyl (C=O) groups excluding carboxylic acids is 1. The first-order valence-electron chi connectivity index (χ1n) is 8.87. The molecule has 2 aliphatic rings. The zero-order valence-corrected chi connectivity index (χ0v) is 14.4. The van der Waals surface area contributed by atoms with Crippen molar-refractivity contribution in [2.24, 2.45) is 7.05 Å². The molecule has 1 N–H and O–H groups in total. The highest BCUT2D eigenvalue weighted by Gasteiger charge is 2.30. The van der Waals surface area contributed by atoms with Crippen LogP contribution < -0.4 is 5.32 Å². The summed E-state index contributed by atoms with van der Waals surface area (Å²) >= 11 is 0. The van der Waals surface area contributed by atoms with Gasteiger partial charge in [0, 0.05) is 37.9 Å². The Bertz CT molecular complexity index is 523. The first-order chi connectivity index (χ1) is 11.2. The van der Waals surface area contributed by atoms with Crippen molar-refractivity contribution in [2.75, 3.05) is 33.2 Å². The Labute approximate surface area is 138 Å². The van der Waals surface area contributed by atoms with Gasteiger partial charge in [-0.2, -0.15) is 5.10 Å². The molecule has 1 aromatic rings. The maximum Gasteiger partial charge on any atom is 0.244 e. The molecular formula is C17H29N5O. The minimum absolute atomic E-state index is 0.183. The van der Waals surface area contributed by atoms with Crippen LogP contribution in [0.25, 0.3) is 0 Å². The summed E-state index contributed by atoms with van der Waals surface area (Å²) < 4.78 is 1.75. The summed E-state index contributed by atoms with van der Waals surface area (Å²) in [4.78, 5) is 17.6. The molecule has 3 rings (SSSR count). The normalized spacial score (nSPS) is 24.6. The molecule has 2 fully saturated rings. The van der Waals surface area contributed by atoms with Crippen molar-refractivity contribution >= 4 is 5.91 Å². The molecule has 128 valence electrons. The van der Waals surface area contributed by atoms with Gasteiger partial charge in [-0.3, -0.25) is 9.48 Å².